The van der Waals surface area contributed by atoms with E-state index in [0.717, 1.165) is 10.9 Å². The average molecular weight is 382 g/mol. The Morgan fingerprint density at radius 3 is 2.74 bits per heavy atom. The van der Waals surface area contributed by atoms with E-state index in [2.05, 4.69) is 28.7 Å². The van der Waals surface area contributed by atoms with Crippen molar-refractivity contribution in [1.29, 1.82) is 0 Å². The van der Waals surface area contributed by atoms with Crippen molar-refractivity contribution in [2.75, 3.05) is 0 Å². The van der Waals surface area contributed by atoms with Gasteiger partial charge in [0.25, 0.3) is 5.56 Å². The number of hydrogen-bond donors (Lipinski definition) is 1. The van der Waals surface area contributed by atoms with Crippen LogP contribution in [0.25, 0.3) is 22.1 Å². The second-order valence-corrected chi connectivity index (χ2v) is 7.35. The Kier molecular flexibility index (Phi) is 4.72. The van der Waals surface area contributed by atoms with Gasteiger partial charge in [-0.1, -0.05) is 35.9 Å². The van der Waals surface area contributed by atoms with Gasteiger partial charge in [-0.25, -0.2) is 4.98 Å². The predicted octanol–water partition coefficient (Wildman–Crippen LogP) is 4.73. The molecule has 0 atom stereocenters. The number of aromatic amines is 1. The summed E-state index contributed by atoms with van der Waals surface area (Å²) in [5.41, 5.74) is 2.41. The third kappa shape index (κ3) is 3.61. The van der Waals surface area contributed by atoms with Crippen molar-refractivity contribution in [3.8, 4) is 0 Å². The van der Waals surface area contributed by atoms with Gasteiger partial charge in [0.15, 0.2) is 0 Å². The molecule has 0 amide bonds. The fraction of sp³-hybridized carbons (Fsp3) is 0.238. The van der Waals surface area contributed by atoms with Gasteiger partial charge in [-0.2, -0.15) is 0 Å². The quantitative estimate of drug-likeness (QED) is 0.542. The minimum absolute atomic E-state index is 0.252. The Bertz CT molecular complexity index is 1160. The molecule has 5 nitrogen and oxygen atoms in total. The number of nitrogens with zero attached hydrogens (tertiary/aromatic N) is 2. The fourth-order valence-corrected chi connectivity index (χ4v) is 3.42. The van der Waals surface area contributed by atoms with Gasteiger partial charge in [0.05, 0.1) is 6.54 Å². The van der Waals surface area contributed by atoms with Crippen molar-refractivity contribution < 1.29 is 4.42 Å². The summed E-state index contributed by atoms with van der Waals surface area (Å²) in [6, 6.07) is 15.6. The second kappa shape index (κ2) is 7.18. The molecule has 0 saturated heterocycles. The summed E-state index contributed by atoms with van der Waals surface area (Å²) in [6.07, 6.45) is 0. The molecular formula is C21H20ClN3O2. The number of benzene rings is 2. The lowest BCUT2D eigenvalue weighted by molar-refractivity contribution is 0.198. The van der Waals surface area contributed by atoms with Crippen LogP contribution in [0, 0.1) is 0 Å². The van der Waals surface area contributed by atoms with E-state index >= 15 is 0 Å². The van der Waals surface area contributed by atoms with Gasteiger partial charge in [0.2, 0.25) is 5.58 Å². The highest BCUT2D eigenvalue weighted by Crippen LogP contribution is 2.24. The molecule has 0 aliphatic carbocycles. The Hall–Kier alpha value is -2.63. The maximum absolute atomic E-state index is 12.5. The number of fused-ring (bicyclic) bond motifs is 3. The monoisotopic (exact) mass is 381 g/mol. The van der Waals surface area contributed by atoms with E-state index in [9.17, 15) is 4.79 Å². The molecule has 0 bridgehead atoms. The first kappa shape index (κ1) is 17.8. The first-order chi connectivity index (χ1) is 13.0. The molecule has 2 heterocycles. The molecule has 4 rings (SSSR count). The SMILES string of the molecule is CC(C)N(Cc1cccc(Cl)c1)Cc1nc2c(oc3ccccc32)c(=O)[nH]1. The van der Waals surface area contributed by atoms with Crippen LogP contribution in [0.1, 0.15) is 25.2 Å². The summed E-state index contributed by atoms with van der Waals surface area (Å²) in [7, 11) is 0. The maximum Gasteiger partial charge on any atom is 0.294 e. The molecule has 2 aromatic carbocycles. The number of rotatable bonds is 5. The molecular weight excluding hydrogens is 362 g/mol. The molecule has 0 aliphatic rings. The summed E-state index contributed by atoms with van der Waals surface area (Å²) in [6.45, 7) is 5.48. The number of furan rings is 1. The maximum atomic E-state index is 12.5. The zero-order chi connectivity index (χ0) is 19.0. The summed E-state index contributed by atoms with van der Waals surface area (Å²) in [4.78, 5) is 22.3. The van der Waals surface area contributed by atoms with E-state index in [-0.39, 0.29) is 17.2 Å². The highest BCUT2D eigenvalue weighted by atomic mass is 35.5. The van der Waals surface area contributed by atoms with E-state index in [4.69, 9.17) is 16.0 Å². The summed E-state index contributed by atoms with van der Waals surface area (Å²) < 4.78 is 5.66. The molecule has 0 aliphatic heterocycles. The summed E-state index contributed by atoms with van der Waals surface area (Å²) >= 11 is 6.11. The lowest BCUT2D eigenvalue weighted by atomic mass is 10.2. The van der Waals surface area contributed by atoms with E-state index < -0.39 is 0 Å². The van der Waals surface area contributed by atoms with Crippen LogP contribution in [0.4, 0.5) is 0 Å². The van der Waals surface area contributed by atoms with Gasteiger partial charge in [0, 0.05) is 23.0 Å². The van der Waals surface area contributed by atoms with Crippen molar-refractivity contribution in [3.63, 3.8) is 0 Å². The average Bonchev–Trinajstić information content (AvgIpc) is 3.01. The van der Waals surface area contributed by atoms with E-state index in [0.29, 0.717) is 35.0 Å². The highest BCUT2D eigenvalue weighted by Gasteiger charge is 2.16. The second-order valence-electron chi connectivity index (χ2n) is 6.92. The molecule has 2 aromatic heterocycles. The molecule has 0 saturated carbocycles. The minimum atomic E-state index is -0.252. The smallest absolute Gasteiger partial charge is 0.294 e. The highest BCUT2D eigenvalue weighted by molar-refractivity contribution is 6.30. The van der Waals surface area contributed by atoms with Gasteiger partial charge in [-0.05, 0) is 43.7 Å². The van der Waals surface area contributed by atoms with E-state index in [1.807, 2.05) is 48.5 Å². The zero-order valence-corrected chi connectivity index (χ0v) is 16.0. The van der Waals surface area contributed by atoms with Gasteiger partial charge >= 0.3 is 0 Å². The third-order valence-electron chi connectivity index (χ3n) is 4.64. The van der Waals surface area contributed by atoms with Crippen LogP contribution in [0.5, 0.6) is 0 Å². The molecule has 0 fully saturated rings. The van der Waals surface area contributed by atoms with Gasteiger partial charge in [-0.15, -0.1) is 0 Å². The number of hydrogen-bond acceptors (Lipinski definition) is 4. The number of H-pyrrole nitrogens is 1. The van der Waals surface area contributed by atoms with E-state index in [1.165, 1.54) is 0 Å². The largest absolute Gasteiger partial charge is 0.449 e. The summed E-state index contributed by atoms with van der Waals surface area (Å²) in [5.74, 6) is 0.620. The normalized spacial score (nSPS) is 11.9. The predicted molar refractivity (Wildman–Crippen MR) is 108 cm³/mol. The lowest BCUT2D eigenvalue weighted by Crippen LogP contribution is -2.31. The van der Waals surface area contributed by atoms with Crippen molar-refractivity contribution in [3.05, 3.63) is 75.3 Å². The van der Waals surface area contributed by atoms with Crippen molar-refractivity contribution in [2.24, 2.45) is 0 Å². The number of nitrogens with one attached hydrogen (secondary N) is 1. The Morgan fingerprint density at radius 1 is 1.15 bits per heavy atom. The van der Waals surface area contributed by atoms with Gasteiger partial charge < -0.3 is 9.40 Å². The molecule has 0 spiro atoms. The number of para-hydroxylation sites is 1. The van der Waals surface area contributed by atoms with Crippen LogP contribution < -0.4 is 5.56 Å². The third-order valence-corrected chi connectivity index (χ3v) is 4.87. The zero-order valence-electron chi connectivity index (χ0n) is 15.2. The molecule has 0 unspecified atom stereocenters. The van der Waals surface area contributed by atoms with Crippen molar-refractivity contribution >= 4 is 33.7 Å². The van der Waals surface area contributed by atoms with Gasteiger partial charge in [-0.3, -0.25) is 9.69 Å². The topological polar surface area (TPSA) is 62.1 Å². The van der Waals surface area contributed by atoms with Crippen LogP contribution in [0.15, 0.2) is 57.7 Å². The standard InChI is InChI=1S/C21H20ClN3O2/c1-13(2)25(11-14-6-5-7-15(22)10-14)12-18-23-19-16-8-3-4-9-17(16)27-20(19)21(26)24-18/h3-10,13H,11-12H2,1-2H3,(H,23,24,26). The first-order valence-corrected chi connectivity index (χ1v) is 9.28. The Labute approximate surface area is 161 Å². The molecule has 6 heteroatoms. The van der Waals surface area contributed by atoms with Crippen LogP contribution in [-0.4, -0.2) is 20.9 Å². The molecule has 138 valence electrons. The lowest BCUT2D eigenvalue weighted by Gasteiger charge is -2.26. The Morgan fingerprint density at radius 2 is 1.96 bits per heavy atom. The number of aromatic nitrogens is 2. The molecule has 0 radical (unpaired) electrons. The molecule has 1 N–H and O–H groups in total. The summed E-state index contributed by atoms with van der Waals surface area (Å²) in [5, 5.41) is 1.57. The van der Waals surface area contributed by atoms with Crippen LogP contribution >= 0.6 is 11.6 Å². The van der Waals surface area contributed by atoms with Crippen LogP contribution in [0.2, 0.25) is 5.02 Å². The van der Waals surface area contributed by atoms with E-state index in [1.54, 1.807) is 0 Å². The Balaban J connectivity index is 1.70. The van der Waals surface area contributed by atoms with Crippen molar-refractivity contribution in [1.82, 2.24) is 14.9 Å². The molecule has 27 heavy (non-hydrogen) atoms. The van der Waals surface area contributed by atoms with Gasteiger partial charge in [0.1, 0.15) is 16.9 Å². The van der Waals surface area contributed by atoms with Crippen molar-refractivity contribution in [2.45, 2.75) is 33.0 Å². The number of halogens is 1. The minimum Gasteiger partial charge on any atom is -0.449 e. The molecule has 4 aromatic rings. The fourth-order valence-electron chi connectivity index (χ4n) is 3.21. The van der Waals surface area contributed by atoms with Crippen LogP contribution in [-0.2, 0) is 13.1 Å². The first-order valence-electron chi connectivity index (χ1n) is 8.90. The van der Waals surface area contributed by atoms with Crippen LogP contribution in [0.3, 0.4) is 0 Å².